The van der Waals surface area contributed by atoms with Crippen molar-refractivity contribution in [2.24, 2.45) is 7.05 Å². The average Bonchev–Trinajstić information content (AvgIpc) is 2.81. The molecule has 2 aromatic heterocycles. The Morgan fingerprint density at radius 1 is 1.16 bits per heavy atom. The van der Waals surface area contributed by atoms with Crippen LogP contribution < -0.4 is 19.9 Å². The first-order valence-corrected chi connectivity index (χ1v) is 10.7. The smallest absolute Gasteiger partial charge is 0.255 e. The zero-order valence-corrected chi connectivity index (χ0v) is 18.8. The largest absolute Gasteiger partial charge is 0.496 e. The van der Waals surface area contributed by atoms with Gasteiger partial charge in [0.1, 0.15) is 17.6 Å². The van der Waals surface area contributed by atoms with Crippen LogP contribution in [-0.4, -0.2) is 47.4 Å². The predicted octanol–water partition coefficient (Wildman–Crippen LogP) is 3.22. The van der Waals surface area contributed by atoms with Crippen LogP contribution in [0.2, 0.25) is 0 Å². The highest BCUT2D eigenvalue weighted by atomic mass is 16.5. The van der Waals surface area contributed by atoms with Crippen molar-refractivity contribution >= 4 is 5.95 Å². The van der Waals surface area contributed by atoms with Crippen molar-refractivity contribution < 1.29 is 14.2 Å². The fourth-order valence-electron chi connectivity index (χ4n) is 3.80. The van der Waals surface area contributed by atoms with Gasteiger partial charge in [-0.3, -0.25) is 14.3 Å². The number of rotatable bonds is 6. The van der Waals surface area contributed by atoms with Gasteiger partial charge in [-0.1, -0.05) is 0 Å². The van der Waals surface area contributed by atoms with E-state index in [9.17, 15) is 4.79 Å². The molecule has 0 bridgehead atoms. The summed E-state index contributed by atoms with van der Waals surface area (Å²) in [5.41, 5.74) is 2.30. The van der Waals surface area contributed by atoms with Crippen LogP contribution in [0.15, 0.2) is 53.6 Å². The predicted molar refractivity (Wildman–Crippen MR) is 122 cm³/mol. The third-order valence-corrected chi connectivity index (χ3v) is 5.36. The van der Waals surface area contributed by atoms with E-state index in [1.54, 1.807) is 37.2 Å². The summed E-state index contributed by atoms with van der Waals surface area (Å²) in [5.74, 6) is 2.07. The number of morpholine rings is 1. The van der Waals surface area contributed by atoms with E-state index in [4.69, 9.17) is 19.2 Å². The molecule has 32 heavy (non-hydrogen) atoms. The molecule has 3 heterocycles. The van der Waals surface area contributed by atoms with Crippen molar-refractivity contribution in [1.82, 2.24) is 14.5 Å². The number of hydrogen-bond donors (Lipinski definition) is 0. The summed E-state index contributed by atoms with van der Waals surface area (Å²) in [6, 6.07) is 11.0. The number of anilines is 1. The Labute approximate surface area is 187 Å². The van der Waals surface area contributed by atoms with Crippen LogP contribution in [0.1, 0.15) is 25.5 Å². The van der Waals surface area contributed by atoms with Gasteiger partial charge in [-0.15, -0.1) is 0 Å². The van der Waals surface area contributed by atoms with Gasteiger partial charge in [-0.05, 0) is 38.1 Å². The quantitative estimate of drug-likeness (QED) is 0.587. The van der Waals surface area contributed by atoms with Gasteiger partial charge in [0.15, 0.2) is 0 Å². The van der Waals surface area contributed by atoms with Crippen LogP contribution in [0.3, 0.4) is 0 Å². The molecule has 1 saturated heterocycles. The van der Waals surface area contributed by atoms with E-state index in [1.165, 1.54) is 0 Å². The number of methoxy groups -OCH3 is 1. The van der Waals surface area contributed by atoms with E-state index in [-0.39, 0.29) is 17.8 Å². The molecule has 1 aliphatic rings. The molecule has 168 valence electrons. The highest BCUT2D eigenvalue weighted by Crippen LogP contribution is 2.34. The van der Waals surface area contributed by atoms with E-state index in [0.717, 1.165) is 16.9 Å². The Kier molecular flexibility index (Phi) is 6.41. The maximum Gasteiger partial charge on any atom is 0.255 e. The Hall–Kier alpha value is -3.39. The molecule has 1 aromatic carbocycles. The van der Waals surface area contributed by atoms with Crippen LogP contribution in [-0.2, 0) is 11.8 Å². The molecule has 0 radical (unpaired) electrons. The summed E-state index contributed by atoms with van der Waals surface area (Å²) in [4.78, 5) is 23.6. The van der Waals surface area contributed by atoms with Gasteiger partial charge >= 0.3 is 0 Å². The topological polar surface area (TPSA) is 78.7 Å². The average molecular weight is 437 g/mol. The lowest BCUT2D eigenvalue weighted by Gasteiger charge is -2.35. The van der Waals surface area contributed by atoms with Crippen molar-refractivity contribution in [1.29, 1.82) is 0 Å². The van der Waals surface area contributed by atoms with E-state index < -0.39 is 0 Å². The van der Waals surface area contributed by atoms with E-state index in [0.29, 0.717) is 37.1 Å². The Balaban J connectivity index is 1.64. The molecule has 0 spiro atoms. The van der Waals surface area contributed by atoms with Crippen molar-refractivity contribution in [2.45, 2.75) is 26.1 Å². The van der Waals surface area contributed by atoms with E-state index in [1.807, 2.05) is 44.2 Å². The van der Waals surface area contributed by atoms with Crippen LogP contribution in [0.4, 0.5) is 5.95 Å². The molecule has 0 amide bonds. The molecule has 0 aliphatic carbocycles. The van der Waals surface area contributed by atoms with Gasteiger partial charge in [0.05, 0.1) is 32.1 Å². The number of benzene rings is 1. The molecule has 4 rings (SSSR count). The Morgan fingerprint density at radius 2 is 1.94 bits per heavy atom. The molecule has 0 saturated carbocycles. The number of hydrogen-bond acceptors (Lipinski definition) is 7. The van der Waals surface area contributed by atoms with Gasteiger partial charge in [-0.2, -0.15) is 0 Å². The molecule has 8 nitrogen and oxygen atoms in total. The summed E-state index contributed by atoms with van der Waals surface area (Å²) in [7, 11) is 3.38. The number of nitrogens with zero attached hydrogens (tertiary/aromatic N) is 4. The summed E-state index contributed by atoms with van der Waals surface area (Å²) in [6.07, 6.45) is 3.23. The minimum Gasteiger partial charge on any atom is -0.496 e. The molecular weight excluding hydrogens is 408 g/mol. The van der Waals surface area contributed by atoms with Crippen molar-refractivity contribution in [3.8, 4) is 22.8 Å². The Bertz CT molecular complexity index is 1130. The van der Waals surface area contributed by atoms with E-state index >= 15 is 0 Å². The first kappa shape index (κ1) is 21.8. The second-order valence-electron chi connectivity index (χ2n) is 7.95. The summed E-state index contributed by atoms with van der Waals surface area (Å²) in [6.45, 7) is 5.65. The lowest BCUT2D eigenvalue weighted by molar-refractivity contribution is 0.0374. The lowest BCUT2D eigenvalue weighted by Crippen LogP contribution is -2.41. The summed E-state index contributed by atoms with van der Waals surface area (Å²) in [5, 5.41) is 0. The Morgan fingerprint density at radius 3 is 2.66 bits per heavy atom. The molecule has 3 aromatic rings. The van der Waals surface area contributed by atoms with Crippen molar-refractivity contribution in [3.05, 3.63) is 64.7 Å². The number of aromatic nitrogens is 3. The fourth-order valence-corrected chi connectivity index (χ4v) is 3.80. The van der Waals surface area contributed by atoms with Crippen LogP contribution in [0.25, 0.3) is 11.3 Å². The second-order valence-corrected chi connectivity index (χ2v) is 7.95. The zero-order chi connectivity index (χ0) is 22.7. The lowest BCUT2D eigenvalue weighted by atomic mass is 10.1. The third kappa shape index (κ3) is 4.60. The first-order valence-electron chi connectivity index (χ1n) is 10.7. The minimum absolute atomic E-state index is 0.0759. The molecule has 8 heteroatoms. The number of pyridine rings is 1. The van der Waals surface area contributed by atoms with Crippen LogP contribution in [0.5, 0.6) is 11.5 Å². The van der Waals surface area contributed by atoms with Gasteiger partial charge in [-0.25, -0.2) is 4.98 Å². The molecule has 1 aliphatic heterocycles. The van der Waals surface area contributed by atoms with Gasteiger partial charge < -0.3 is 19.1 Å². The van der Waals surface area contributed by atoms with E-state index in [2.05, 4.69) is 9.88 Å². The normalized spacial score (nSPS) is 16.3. The minimum atomic E-state index is -0.228. The van der Waals surface area contributed by atoms with Crippen LogP contribution >= 0.6 is 0 Å². The van der Waals surface area contributed by atoms with Crippen LogP contribution in [0, 0.1) is 0 Å². The van der Waals surface area contributed by atoms with Crippen molar-refractivity contribution in [3.63, 3.8) is 0 Å². The fraction of sp³-hybridized carbons (Fsp3) is 0.375. The maximum absolute atomic E-state index is 12.7. The molecule has 0 N–H and O–H groups in total. The molecule has 1 fully saturated rings. The highest BCUT2D eigenvalue weighted by Gasteiger charge is 2.27. The third-order valence-electron chi connectivity index (χ3n) is 5.36. The zero-order valence-electron chi connectivity index (χ0n) is 18.8. The van der Waals surface area contributed by atoms with Gasteiger partial charge in [0, 0.05) is 49.2 Å². The van der Waals surface area contributed by atoms with Gasteiger partial charge in [0.25, 0.3) is 5.56 Å². The SMILES string of the molecule is COc1cc(OC(C)C)ccc1C1CN(c2nc(-c3ccncc3)cc(=O)n2C)CCO1. The number of ether oxygens (including phenoxy) is 3. The van der Waals surface area contributed by atoms with Crippen molar-refractivity contribution in [2.75, 3.05) is 31.7 Å². The van der Waals surface area contributed by atoms with Gasteiger partial charge in [0.2, 0.25) is 5.95 Å². The second kappa shape index (κ2) is 9.40. The molecular formula is C24H28N4O4. The monoisotopic (exact) mass is 436 g/mol. The maximum atomic E-state index is 12.7. The summed E-state index contributed by atoms with van der Waals surface area (Å²) < 4.78 is 19.1. The highest BCUT2D eigenvalue weighted by molar-refractivity contribution is 5.59. The standard InChI is InChI=1S/C24H28N4O4/c1-16(2)32-18-5-6-19(21(13-18)30-4)22-15-28(11-12-31-22)24-26-20(14-23(29)27(24)3)17-7-9-25-10-8-17/h5-10,13-14,16,22H,11-12,15H2,1-4H3. The first-order chi connectivity index (χ1) is 15.5. The molecule has 1 atom stereocenters. The summed E-state index contributed by atoms with van der Waals surface area (Å²) >= 11 is 0. The molecule has 1 unspecified atom stereocenters.